The number of fused-ring (bicyclic) bond motifs is 1. The first-order valence-electron chi connectivity index (χ1n) is 9.74. The Labute approximate surface area is 184 Å². The fourth-order valence-electron chi connectivity index (χ4n) is 3.46. The van der Waals surface area contributed by atoms with E-state index < -0.39 is 11.9 Å². The molecule has 31 heavy (non-hydrogen) atoms. The Kier molecular flexibility index (Phi) is 5.77. The van der Waals surface area contributed by atoms with Crippen LogP contribution in [0.5, 0.6) is 0 Å². The molecule has 0 unspecified atom stereocenters. The number of benzene rings is 2. The highest BCUT2D eigenvalue weighted by Crippen LogP contribution is 2.23. The van der Waals surface area contributed by atoms with Crippen LogP contribution >= 0.6 is 11.6 Å². The summed E-state index contributed by atoms with van der Waals surface area (Å²) in [6, 6.07) is 16.9. The molecule has 8 heteroatoms. The second-order valence-electron chi connectivity index (χ2n) is 7.15. The van der Waals surface area contributed by atoms with Crippen molar-refractivity contribution in [1.29, 1.82) is 0 Å². The first kappa shape index (κ1) is 20.7. The lowest BCUT2D eigenvalue weighted by molar-refractivity contribution is -0.147. The Balaban J connectivity index is 1.37. The number of nitrogens with zero attached hydrogens (tertiary/aromatic N) is 3. The van der Waals surface area contributed by atoms with Gasteiger partial charge in [0.05, 0.1) is 22.8 Å². The quantitative estimate of drug-likeness (QED) is 0.457. The molecule has 1 N–H and O–H groups in total. The number of nitrogens with one attached hydrogen (secondary N) is 1. The van der Waals surface area contributed by atoms with E-state index in [9.17, 15) is 9.59 Å². The predicted octanol–water partition coefficient (Wildman–Crippen LogP) is 4.28. The number of hydrogen-bond donors (Lipinski definition) is 1. The number of carbonyl (C=O) groups excluding carboxylic acids is 2. The molecule has 0 atom stereocenters. The molecule has 0 aliphatic heterocycles. The lowest BCUT2D eigenvalue weighted by Crippen LogP contribution is -2.23. The molecule has 0 bridgehead atoms. The molecule has 158 valence electrons. The van der Waals surface area contributed by atoms with Gasteiger partial charge in [-0.2, -0.15) is 5.10 Å². The second-order valence-corrected chi connectivity index (χ2v) is 7.59. The average Bonchev–Trinajstić information content (AvgIpc) is 3.28. The number of ether oxygens (including phenoxy) is 1. The molecule has 2 aromatic carbocycles. The van der Waals surface area contributed by atoms with E-state index >= 15 is 0 Å². The SMILES string of the molecule is Cc1nn(-c2ccccc2)c(C)c1NC(=O)COC(=O)Cn1ccc2cc(Cl)ccc21. The summed E-state index contributed by atoms with van der Waals surface area (Å²) in [4.78, 5) is 24.6. The first-order valence-corrected chi connectivity index (χ1v) is 10.1. The molecule has 2 aromatic heterocycles. The Hall–Kier alpha value is -3.58. The maximum atomic E-state index is 12.4. The van der Waals surface area contributed by atoms with Crippen LogP contribution in [0.25, 0.3) is 16.6 Å². The van der Waals surface area contributed by atoms with Crippen LogP contribution in [0.2, 0.25) is 5.02 Å². The topological polar surface area (TPSA) is 78.2 Å². The molecule has 4 aromatic rings. The van der Waals surface area contributed by atoms with Gasteiger partial charge in [-0.15, -0.1) is 0 Å². The van der Waals surface area contributed by atoms with Crippen LogP contribution in [0.15, 0.2) is 60.8 Å². The Morgan fingerprint density at radius 3 is 2.65 bits per heavy atom. The zero-order valence-electron chi connectivity index (χ0n) is 17.1. The molecule has 0 spiro atoms. The van der Waals surface area contributed by atoms with Gasteiger partial charge in [0.2, 0.25) is 0 Å². The van der Waals surface area contributed by atoms with Crippen molar-refractivity contribution in [3.05, 3.63) is 77.2 Å². The molecule has 4 rings (SSSR count). The monoisotopic (exact) mass is 436 g/mol. The van der Waals surface area contributed by atoms with Gasteiger partial charge in [-0.25, -0.2) is 4.68 Å². The van der Waals surface area contributed by atoms with Crippen molar-refractivity contribution in [2.75, 3.05) is 11.9 Å². The molecule has 2 heterocycles. The maximum absolute atomic E-state index is 12.4. The van der Waals surface area contributed by atoms with Crippen molar-refractivity contribution in [3.8, 4) is 5.69 Å². The lowest BCUT2D eigenvalue weighted by atomic mass is 10.2. The number of amides is 1. The largest absolute Gasteiger partial charge is 0.454 e. The van der Waals surface area contributed by atoms with Crippen molar-refractivity contribution in [1.82, 2.24) is 14.3 Å². The molecule has 1 amide bonds. The fraction of sp³-hybridized carbons (Fsp3) is 0.174. The standard InChI is InChI=1S/C23H21ClN4O3/c1-15-23(16(2)28(26-15)19-6-4-3-5-7-19)25-21(29)14-31-22(30)13-27-11-10-17-12-18(24)8-9-20(17)27/h3-12H,13-14H2,1-2H3,(H,25,29). The van der Waals surface area contributed by atoms with Crippen molar-refractivity contribution in [3.63, 3.8) is 0 Å². The Morgan fingerprint density at radius 2 is 1.87 bits per heavy atom. The summed E-state index contributed by atoms with van der Waals surface area (Å²) < 4.78 is 8.69. The Bertz CT molecular complexity index is 1260. The van der Waals surface area contributed by atoms with Crippen LogP contribution in [0, 0.1) is 13.8 Å². The molecule has 0 aliphatic carbocycles. The number of esters is 1. The molecule has 0 aliphatic rings. The maximum Gasteiger partial charge on any atom is 0.326 e. The minimum Gasteiger partial charge on any atom is -0.454 e. The van der Waals surface area contributed by atoms with Gasteiger partial charge in [0.25, 0.3) is 5.91 Å². The molecular weight excluding hydrogens is 416 g/mol. The molecule has 0 saturated carbocycles. The summed E-state index contributed by atoms with van der Waals surface area (Å²) in [6.07, 6.45) is 1.78. The van der Waals surface area contributed by atoms with Gasteiger partial charge >= 0.3 is 5.97 Å². The number of aromatic nitrogens is 3. The van der Waals surface area contributed by atoms with E-state index in [1.54, 1.807) is 21.5 Å². The van der Waals surface area contributed by atoms with Crippen molar-refractivity contribution in [2.45, 2.75) is 20.4 Å². The minimum absolute atomic E-state index is 0.00239. The van der Waals surface area contributed by atoms with Crippen molar-refractivity contribution in [2.24, 2.45) is 0 Å². The number of anilines is 1. The lowest BCUT2D eigenvalue weighted by Gasteiger charge is -2.09. The zero-order chi connectivity index (χ0) is 22.0. The van der Waals surface area contributed by atoms with E-state index in [-0.39, 0.29) is 13.2 Å². The molecule has 0 saturated heterocycles. The average molecular weight is 437 g/mol. The molecular formula is C23H21ClN4O3. The highest BCUT2D eigenvalue weighted by molar-refractivity contribution is 6.31. The highest BCUT2D eigenvalue weighted by Gasteiger charge is 2.16. The van der Waals surface area contributed by atoms with Gasteiger partial charge in [-0.3, -0.25) is 9.59 Å². The summed E-state index contributed by atoms with van der Waals surface area (Å²) in [5.41, 5.74) is 3.85. The van der Waals surface area contributed by atoms with E-state index in [1.807, 2.05) is 62.4 Å². The van der Waals surface area contributed by atoms with Gasteiger partial charge in [0, 0.05) is 22.1 Å². The van der Waals surface area contributed by atoms with E-state index in [0.29, 0.717) is 16.4 Å². The fourth-order valence-corrected chi connectivity index (χ4v) is 3.64. The van der Waals surface area contributed by atoms with Crippen molar-refractivity contribution < 1.29 is 14.3 Å². The summed E-state index contributed by atoms with van der Waals surface area (Å²) in [6.45, 7) is 3.32. The summed E-state index contributed by atoms with van der Waals surface area (Å²) in [5.74, 6) is -0.924. The third kappa shape index (κ3) is 4.46. The van der Waals surface area contributed by atoms with Crippen LogP contribution in [-0.4, -0.2) is 32.8 Å². The van der Waals surface area contributed by atoms with E-state index in [0.717, 1.165) is 22.3 Å². The predicted molar refractivity (Wildman–Crippen MR) is 120 cm³/mol. The number of rotatable bonds is 6. The number of para-hydroxylation sites is 1. The van der Waals surface area contributed by atoms with E-state index in [4.69, 9.17) is 16.3 Å². The zero-order valence-corrected chi connectivity index (χ0v) is 17.9. The molecule has 0 fully saturated rings. The number of halogens is 1. The van der Waals surface area contributed by atoms with Gasteiger partial charge in [-0.1, -0.05) is 29.8 Å². The third-order valence-corrected chi connectivity index (χ3v) is 5.19. The number of hydrogen-bond acceptors (Lipinski definition) is 4. The smallest absolute Gasteiger partial charge is 0.326 e. The van der Waals surface area contributed by atoms with Crippen LogP contribution in [0.3, 0.4) is 0 Å². The third-order valence-electron chi connectivity index (χ3n) is 4.95. The van der Waals surface area contributed by atoms with Crippen LogP contribution in [0.1, 0.15) is 11.4 Å². The van der Waals surface area contributed by atoms with Gasteiger partial charge in [-0.05, 0) is 50.2 Å². The van der Waals surface area contributed by atoms with E-state index in [1.165, 1.54) is 0 Å². The highest BCUT2D eigenvalue weighted by atomic mass is 35.5. The first-order chi connectivity index (χ1) is 14.9. The van der Waals surface area contributed by atoms with Crippen LogP contribution in [0.4, 0.5) is 5.69 Å². The summed E-state index contributed by atoms with van der Waals surface area (Å²) >= 11 is 5.99. The number of carbonyl (C=O) groups is 2. The summed E-state index contributed by atoms with van der Waals surface area (Å²) in [7, 11) is 0. The van der Waals surface area contributed by atoms with Gasteiger partial charge in [0.15, 0.2) is 6.61 Å². The molecule has 0 radical (unpaired) electrons. The normalized spacial score (nSPS) is 10.9. The van der Waals surface area contributed by atoms with Crippen LogP contribution < -0.4 is 5.32 Å². The molecule has 7 nitrogen and oxygen atoms in total. The Morgan fingerprint density at radius 1 is 1.10 bits per heavy atom. The van der Waals surface area contributed by atoms with Gasteiger partial charge < -0.3 is 14.6 Å². The van der Waals surface area contributed by atoms with E-state index in [2.05, 4.69) is 10.4 Å². The van der Waals surface area contributed by atoms with Gasteiger partial charge in [0.1, 0.15) is 6.54 Å². The number of aryl methyl sites for hydroxylation is 1. The van der Waals surface area contributed by atoms with Crippen molar-refractivity contribution >= 4 is 40.1 Å². The minimum atomic E-state index is -0.504. The second kappa shape index (κ2) is 8.65. The summed E-state index contributed by atoms with van der Waals surface area (Å²) in [5, 5.41) is 8.85. The van der Waals surface area contributed by atoms with Crippen LogP contribution in [-0.2, 0) is 20.9 Å².